The molecule has 0 radical (unpaired) electrons. The van der Waals surface area contributed by atoms with Crippen molar-refractivity contribution in [2.24, 2.45) is 0 Å². The van der Waals surface area contributed by atoms with Gasteiger partial charge in [-0.15, -0.1) is 0 Å². The van der Waals surface area contributed by atoms with Crippen LogP contribution in [0.1, 0.15) is 30.3 Å². The predicted molar refractivity (Wildman–Crippen MR) is 108 cm³/mol. The molecule has 4 heterocycles. The molecule has 0 aliphatic carbocycles. The van der Waals surface area contributed by atoms with Gasteiger partial charge in [0.05, 0.1) is 57.0 Å². The van der Waals surface area contributed by atoms with E-state index in [2.05, 4.69) is 10.3 Å². The quantitative estimate of drug-likeness (QED) is 0.588. The van der Waals surface area contributed by atoms with Crippen LogP contribution in [0.15, 0.2) is 12.1 Å². The molecule has 3 aliphatic heterocycles. The van der Waals surface area contributed by atoms with Gasteiger partial charge in [0, 0.05) is 11.5 Å². The Hall–Kier alpha value is -2.82. The van der Waals surface area contributed by atoms with Gasteiger partial charge in [-0.05, 0) is 13.0 Å². The first-order chi connectivity index (χ1) is 15.1. The maximum absolute atomic E-state index is 12.9. The summed E-state index contributed by atoms with van der Waals surface area (Å²) in [5.74, 6) is -0.0100. The van der Waals surface area contributed by atoms with E-state index in [4.69, 9.17) is 23.7 Å². The maximum Gasteiger partial charge on any atom is 0.356 e. The molecule has 0 unspecified atom stereocenters. The number of likely N-dealkylation sites (tertiary alicyclic amines) is 1. The van der Waals surface area contributed by atoms with E-state index in [1.54, 1.807) is 19.1 Å². The Labute approximate surface area is 178 Å². The van der Waals surface area contributed by atoms with Crippen LogP contribution >= 0.6 is 0 Å². The zero-order chi connectivity index (χ0) is 21.4. The van der Waals surface area contributed by atoms with Crippen LogP contribution < -0.4 is 19.7 Å². The number of carbonyl (C=O) groups excluding carboxylic acids is 2. The molecule has 2 saturated heterocycles. The molecular formula is C21H26N3O7+. The van der Waals surface area contributed by atoms with E-state index in [1.165, 1.54) is 0 Å². The van der Waals surface area contributed by atoms with Crippen LogP contribution in [0.5, 0.6) is 11.5 Å². The normalized spacial score (nSPS) is 19.8. The lowest BCUT2D eigenvalue weighted by Gasteiger charge is -2.34. The van der Waals surface area contributed by atoms with E-state index in [0.717, 1.165) is 30.8 Å². The maximum atomic E-state index is 12.9. The summed E-state index contributed by atoms with van der Waals surface area (Å²) < 4.78 is 27.6. The average Bonchev–Trinajstić information content (AvgIpc) is 3.48. The Kier molecular flexibility index (Phi) is 5.20. The fraction of sp³-hybridized carbons (Fsp3) is 0.524. The lowest BCUT2D eigenvalue weighted by Crippen LogP contribution is -3.14. The molecule has 166 valence electrons. The highest BCUT2D eigenvalue weighted by Crippen LogP contribution is 2.40. The number of ether oxygens (including phenoxy) is 5. The van der Waals surface area contributed by atoms with Gasteiger partial charge >= 0.3 is 5.97 Å². The number of carbonyl (C=O) groups is 2. The molecule has 3 N–H and O–H groups in total. The summed E-state index contributed by atoms with van der Waals surface area (Å²) in [5, 5.41) is 3.59. The topological polar surface area (TPSA) is 113 Å². The summed E-state index contributed by atoms with van der Waals surface area (Å²) in [5.41, 5.74) is 1.26. The molecule has 10 nitrogen and oxygen atoms in total. The summed E-state index contributed by atoms with van der Waals surface area (Å²) in [6, 6.07) is 3.52. The van der Waals surface area contributed by atoms with Gasteiger partial charge in [-0.3, -0.25) is 4.79 Å². The number of fused-ring (bicyclic) bond motifs is 2. The number of anilines is 1. The summed E-state index contributed by atoms with van der Waals surface area (Å²) in [4.78, 5) is 29.6. The number of piperidine rings is 1. The van der Waals surface area contributed by atoms with Crippen LogP contribution in [0.3, 0.4) is 0 Å². The molecule has 1 amide bonds. The van der Waals surface area contributed by atoms with Crippen LogP contribution in [0, 0.1) is 0 Å². The van der Waals surface area contributed by atoms with Crippen molar-refractivity contribution in [1.82, 2.24) is 4.98 Å². The smallest absolute Gasteiger partial charge is 0.356 e. The number of aromatic nitrogens is 1. The van der Waals surface area contributed by atoms with Gasteiger partial charge in [0.15, 0.2) is 23.8 Å². The summed E-state index contributed by atoms with van der Waals surface area (Å²) in [6.07, 6.45) is 1.53. The van der Waals surface area contributed by atoms with Crippen molar-refractivity contribution >= 4 is 28.5 Å². The minimum Gasteiger partial charge on any atom is -0.461 e. The van der Waals surface area contributed by atoms with E-state index >= 15 is 0 Å². The highest BCUT2D eigenvalue weighted by atomic mass is 16.7. The largest absolute Gasteiger partial charge is 0.461 e. The summed E-state index contributed by atoms with van der Waals surface area (Å²) in [7, 11) is 0. The van der Waals surface area contributed by atoms with E-state index in [9.17, 15) is 9.59 Å². The van der Waals surface area contributed by atoms with Crippen LogP contribution in [-0.4, -0.2) is 68.9 Å². The van der Waals surface area contributed by atoms with Gasteiger partial charge in [0.2, 0.25) is 6.79 Å². The predicted octanol–water partition coefficient (Wildman–Crippen LogP) is 0.434. The molecule has 0 saturated carbocycles. The Balaban J connectivity index is 1.34. The third kappa shape index (κ3) is 3.82. The molecular weight excluding hydrogens is 406 g/mol. The molecule has 1 aromatic heterocycles. The average molecular weight is 432 g/mol. The van der Waals surface area contributed by atoms with Crippen molar-refractivity contribution in [3.05, 3.63) is 17.8 Å². The third-order valence-corrected chi connectivity index (χ3v) is 5.98. The second-order valence-electron chi connectivity index (χ2n) is 7.93. The zero-order valence-corrected chi connectivity index (χ0v) is 17.4. The highest BCUT2D eigenvalue weighted by Gasteiger charge is 2.42. The number of rotatable bonds is 5. The molecule has 2 fully saturated rings. The number of hydrogen-bond acceptors (Lipinski definition) is 7. The van der Waals surface area contributed by atoms with Crippen molar-refractivity contribution in [1.29, 1.82) is 0 Å². The zero-order valence-electron chi connectivity index (χ0n) is 17.4. The minimum atomic E-state index is -0.529. The van der Waals surface area contributed by atoms with E-state index in [-0.39, 0.29) is 31.5 Å². The molecule has 0 bridgehead atoms. The van der Waals surface area contributed by atoms with Crippen molar-refractivity contribution in [3.63, 3.8) is 0 Å². The summed E-state index contributed by atoms with van der Waals surface area (Å²) in [6.45, 7) is 5.22. The van der Waals surface area contributed by atoms with Crippen molar-refractivity contribution in [2.45, 2.75) is 25.6 Å². The second kappa shape index (κ2) is 8.03. The van der Waals surface area contributed by atoms with Gasteiger partial charge in [0.1, 0.15) is 5.69 Å². The van der Waals surface area contributed by atoms with E-state index < -0.39 is 11.8 Å². The van der Waals surface area contributed by atoms with Gasteiger partial charge in [-0.1, -0.05) is 0 Å². The van der Waals surface area contributed by atoms with Crippen molar-refractivity contribution in [2.75, 3.05) is 51.6 Å². The SMILES string of the molecule is CCOC(=O)c1[nH]c2cc3c(cc2c1NC(=O)C[NH+]1CCC2(CC1)OCCO2)OCO3. The molecule has 10 heteroatoms. The molecule has 31 heavy (non-hydrogen) atoms. The first kappa shape index (κ1) is 20.1. The van der Waals surface area contributed by atoms with Gasteiger partial charge < -0.3 is 38.9 Å². The molecule has 1 aromatic carbocycles. The number of amides is 1. The fourth-order valence-corrected chi connectivity index (χ4v) is 4.43. The summed E-state index contributed by atoms with van der Waals surface area (Å²) >= 11 is 0. The third-order valence-electron chi connectivity index (χ3n) is 5.98. The number of quaternary nitrogens is 1. The number of hydrogen-bond donors (Lipinski definition) is 3. The monoisotopic (exact) mass is 432 g/mol. The Morgan fingerprint density at radius 3 is 2.58 bits per heavy atom. The van der Waals surface area contributed by atoms with E-state index in [1.807, 2.05) is 0 Å². The van der Waals surface area contributed by atoms with Gasteiger partial charge in [-0.25, -0.2) is 4.79 Å². The second-order valence-corrected chi connectivity index (χ2v) is 7.93. The standard InChI is InChI=1S/C21H25N3O7/c1-2-27-20(26)19-18(13-9-15-16(29-12-28-15)10-14(13)22-19)23-17(25)11-24-5-3-21(4-6-24)30-7-8-31-21/h9-10,22H,2-8,11-12H2,1H3,(H,23,25)/p+1. The number of nitrogens with one attached hydrogen (secondary N) is 3. The number of benzene rings is 1. The molecule has 1 spiro atoms. The number of aromatic amines is 1. The number of H-pyrrole nitrogens is 1. The van der Waals surface area contributed by atoms with Crippen LogP contribution in [-0.2, 0) is 19.0 Å². The first-order valence-corrected chi connectivity index (χ1v) is 10.6. The molecule has 0 atom stereocenters. The molecule has 5 rings (SSSR count). The highest BCUT2D eigenvalue weighted by molar-refractivity contribution is 6.11. The Bertz CT molecular complexity index is 1000. The van der Waals surface area contributed by atoms with Gasteiger partial charge in [0.25, 0.3) is 5.91 Å². The van der Waals surface area contributed by atoms with Crippen LogP contribution in [0.4, 0.5) is 5.69 Å². The van der Waals surface area contributed by atoms with Crippen LogP contribution in [0.2, 0.25) is 0 Å². The van der Waals surface area contributed by atoms with Crippen molar-refractivity contribution in [3.8, 4) is 11.5 Å². The molecule has 2 aromatic rings. The Morgan fingerprint density at radius 2 is 1.87 bits per heavy atom. The molecule has 3 aliphatic rings. The van der Waals surface area contributed by atoms with Crippen LogP contribution in [0.25, 0.3) is 10.9 Å². The van der Waals surface area contributed by atoms with E-state index in [0.29, 0.717) is 41.3 Å². The number of esters is 1. The Morgan fingerprint density at radius 1 is 1.16 bits per heavy atom. The fourth-order valence-electron chi connectivity index (χ4n) is 4.43. The van der Waals surface area contributed by atoms with Gasteiger partial charge in [-0.2, -0.15) is 0 Å². The van der Waals surface area contributed by atoms with Crippen molar-refractivity contribution < 1.29 is 38.2 Å². The minimum absolute atomic E-state index is 0.140. The lowest BCUT2D eigenvalue weighted by molar-refractivity contribution is -0.900. The first-order valence-electron chi connectivity index (χ1n) is 10.6. The lowest BCUT2D eigenvalue weighted by atomic mass is 10.0.